The molecule has 0 amide bonds. The highest BCUT2D eigenvalue weighted by Gasteiger charge is 2.32. The molecule has 0 fully saturated rings. The van der Waals surface area contributed by atoms with E-state index in [1.807, 2.05) is 27.1 Å². The van der Waals surface area contributed by atoms with E-state index in [0.717, 1.165) is 34.7 Å². The third kappa shape index (κ3) is 4.30. The number of carbonyl (C=O) groups is 1. The van der Waals surface area contributed by atoms with E-state index in [0.29, 0.717) is 10.9 Å². The number of thioether (sulfide) groups is 1. The minimum absolute atomic E-state index is 0.0431. The molecule has 2 aromatic rings. The lowest BCUT2D eigenvalue weighted by Gasteiger charge is -2.33. The number of aryl methyl sites for hydroxylation is 1. The standard InChI is InChI=1S/C20H25N5OS/c1-13-11-23-16(12-22-13)18(26)10-14-5-6-17(25(3)4)15(9-14)20(2)7-8-27-19(21)24-20/h5-6,9,11-12H,7-8,10H2,1-4H3,(H2,21,24)/t20-/m0/s1. The van der Waals surface area contributed by atoms with Gasteiger partial charge in [0.2, 0.25) is 0 Å². The number of nitrogens with zero attached hydrogens (tertiary/aromatic N) is 4. The lowest BCUT2D eigenvalue weighted by Crippen LogP contribution is -2.30. The summed E-state index contributed by atoms with van der Waals surface area (Å²) in [6.45, 7) is 3.96. The van der Waals surface area contributed by atoms with Gasteiger partial charge in [-0.25, -0.2) is 4.98 Å². The number of amidine groups is 1. The molecular formula is C20H25N5OS. The van der Waals surface area contributed by atoms with Gasteiger partial charge in [0.1, 0.15) is 5.69 Å². The topological polar surface area (TPSA) is 84.5 Å². The molecule has 0 aliphatic carbocycles. The zero-order valence-corrected chi connectivity index (χ0v) is 17.0. The van der Waals surface area contributed by atoms with E-state index >= 15 is 0 Å². The molecule has 0 spiro atoms. The van der Waals surface area contributed by atoms with E-state index in [4.69, 9.17) is 10.7 Å². The summed E-state index contributed by atoms with van der Waals surface area (Å²) in [4.78, 5) is 27.8. The fourth-order valence-corrected chi connectivity index (χ4v) is 4.18. The molecule has 0 saturated heterocycles. The molecule has 0 saturated carbocycles. The number of benzene rings is 1. The Labute approximate surface area is 164 Å². The van der Waals surface area contributed by atoms with Crippen molar-refractivity contribution in [2.75, 3.05) is 24.7 Å². The van der Waals surface area contributed by atoms with Crippen LogP contribution < -0.4 is 10.6 Å². The predicted molar refractivity (Wildman–Crippen MR) is 112 cm³/mol. The second-order valence-corrected chi connectivity index (χ2v) is 8.33. The first-order valence-electron chi connectivity index (χ1n) is 8.89. The fraction of sp³-hybridized carbons (Fsp3) is 0.400. The molecule has 0 unspecified atom stereocenters. The number of hydrogen-bond acceptors (Lipinski definition) is 7. The van der Waals surface area contributed by atoms with Gasteiger partial charge in [0, 0.05) is 43.7 Å². The zero-order valence-electron chi connectivity index (χ0n) is 16.2. The molecular weight excluding hydrogens is 358 g/mol. The predicted octanol–water partition coefficient (Wildman–Crippen LogP) is 2.94. The van der Waals surface area contributed by atoms with Gasteiger partial charge < -0.3 is 10.6 Å². The van der Waals surface area contributed by atoms with Crippen molar-refractivity contribution in [3.05, 3.63) is 53.1 Å². The zero-order chi connectivity index (χ0) is 19.6. The van der Waals surface area contributed by atoms with Gasteiger partial charge in [0.05, 0.1) is 17.4 Å². The van der Waals surface area contributed by atoms with Gasteiger partial charge in [-0.3, -0.25) is 14.8 Å². The Morgan fingerprint density at radius 3 is 2.70 bits per heavy atom. The third-order valence-electron chi connectivity index (χ3n) is 4.75. The molecule has 1 atom stereocenters. The molecule has 142 valence electrons. The van der Waals surface area contributed by atoms with Gasteiger partial charge in [-0.05, 0) is 31.9 Å². The summed E-state index contributed by atoms with van der Waals surface area (Å²) in [6.07, 6.45) is 4.34. The Morgan fingerprint density at radius 1 is 1.30 bits per heavy atom. The van der Waals surface area contributed by atoms with Gasteiger partial charge in [-0.2, -0.15) is 0 Å². The Balaban J connectivity index is 1.95. The van der Waals surface area contributed by atoms with Crippen LogP contribution in [0.4, 0.5) is 5.69 Å². The summed E-state index contributed by atoms with van der Waals surface area (Å²) >= 11 is 1.59. The highest BCUT2D eigenvalue weighted by Crippen LogP contribution is 2.40. The largest absolute Gasteiger partial charge is 0.379 e. The number of ketones is 1. The quantitative estimate of drug-likeness (QED) is 0.799. The van der Waals surface area contributed by atoms with Crippen LogP contribution in [0.1, 0.15) is 40.7 Å². The lowest BCUT2D eigenvalue weighted by atomic mass is 9.86. The van der Waals surface area contributed by atoms with Crippen molar-refractivity contribution in [2.45, 2.75) is 32.2 Å². The van der Waals surface area contributed by atoms with Crippen LogP contribution in [0.15, 0.2) is 35.6 Å². The number of rotatable bonds is 5. The number of hydrogen-bond donors (Lipinski definition) is 1. The van der Waals surface area contributed by atoms with E-state index in [-0.39, 0.29) is 12.2 Å². The van der Waals surface area contributed by atoms with Crippen molar-refractivity contribution in [1.82, 2.24) is 9.97 Å². The summed E-state index contributed by atoms with van der Waals surface area (Å²) < 4.78 is 0. The molecule has 1 aromatic heterocycles. The Bertz CT molecular complexity index is 878. The first-order chi connectivity index (χ1) is 12.8. The van der Waals surface area contributed by atoms with Gasteiger partial charge >= 0.3 is 0 Å². The molecule has 27 heavy (non-hydrogen) atoms. The summed E-state index contributed by atoms with van der Waals surface area (Å²) in [6, 6.07) is 6.13. The molecule has 0 radical (unpaired) electrons. The number of anilines is 1. The second kappa shape index (κ2) is 7.68. The van der Waals surface area contributed by atoms with Crippen LogP contribution >= 0.6 is 11.8 Å². The minimum atomic E-state index is -0.391. The Kier molecular flexibility index (Phi) is 5.51. The molecule has 3 rings (SSSR count). The lowest BCUT2D eigenvalue weighted by molar-refractivity contribution is 0.0987. The molecule has 1 aliphatic rings. The van der Waals surface area contributed by atoms with E-state index in [9.17, 15) is 4.79 Å². The normalized spacial score (nSPS) is 19.5. The molecule has 7 heteroatoms. The molecule has 1 aliphatic heterocycles. The smallest absolute Gasteiger partial charge is 0.187 e. The summed E-state index contributed by atoms with van der Waals surface area (Å²) in [7, 11) is 4.03. The second-order valence-electron chi connectivity index (χ2n) is 7.21. The van der Waals surface area contributed by atoms with Crippen LogP contribution in [0.2, 0.25) is 0 Å². The first kappa shape index (κ1) is 19.4. The SMILES string of the molecule is Cc1cnc(C(=O)Cc2ccc(N(C)C)c([C@]3(C)CCSC(N)=N3)c2)cn1. The molecule has 6 nitrogen and oxygen atoms in total. The number of aliphatic imine (C=N–C) groups is 1. The van der Waals surface area contributed by atoms with Crippen molar-refractivity contribution in [3.63, 3.8) is 0 Å². The van der Waals surface area contributed by atoms with E-state index in [2.05, 4.69) is 33.9 Å². The van der Waals surface area contributed by atoms with Crippen LogP contribution in [-0.4, -0.2) is 40.8 Å². The van der Waals surface area contributed by atoms with E-state index in [1.165, 1.54) is 6.20 Å². The molecule has 2 heterocycles. The van der Waals surface area contributed by atoms with Gasteiger partial charge in [-0.1, -0.05) is 23.9 Å². The number of carbonyl (C=O) groups excluding carboxylic acids is 1. The van der Waals surface area contributed by atoms with Crippen LogP contribution in [0.25, 0.3) is 0 Å². The maximum Gasteiger partial charge on any atom is 0.187 e. The molecule has 1 aromatic carbocycles. The maximum atomic E-state index is 12.6. The van der Waals surface area contributed by atoms with Crippen LogP contribution in [0.3, 0.4) is 0 Å². The van der Waals surface area contributed by atoms with Gasteiger partial charge in [-0.15, -0.1) is 0 Å². The van der Waals surface area contributed by atoms with E-state index in [1.54, 1.807) is 18.0 Å². The Morgan fingerprint density at radius 2 is 2.07 bits per heavy atom. The van der Waals surface area contributed by atoms with E-state index < -0.39 is 5.54 Å². The van der Waals surface area contributed by atoms with Gasteiger partial charge in [0.25, 0.3) is 0 Å². The summed E-state index contributed by atoms with van der Waals surface area (Å²) in [5, 5.41) is 0.616. The van der Waals surface area contributed by atoms with Crippen LogP contribution in [0, 0.1) is 6.92 Å². The van der Waals surface area contributed by atoms with Crippen molar-refractivity contribution in [3.8, 4) is 0 Å². The Hall–Kier alpha value is -2.41. The monoisotopic (exact) mass is 383 g/mol. The fourth-order valence-electron chi connectivity index (χ4n) is 3.21. The van der Waals surface area contributed by atoms with Crippen LogP contribution in [-0.2, 0) is 12.0 Å². The number of nitrogens with two attached hydrogens (primary N) is 1. The van der Waals surface area contributed by atoms with Crippen LogP contribution in [0.5, 0.6) is 0 Å². The highest BCUT2D eigenvalue weighted by molar-refractivity contribution is 8.13. The summed E-state index contributed by atoms with van der Waals surface area (Å²) in [5.41, 5.74) is 9.93. The number of Topliss-reactive ketones (excluding diaryl/α,β-unsaturated/α-hetero) is 1. The maximum absolute atomic E-state index is 12.6. The average molecular weight is 384 g/mol. The average Bonchev–Trinajstić information content (AvgIpc) is 2.62. The van der Waals surface area contributed by atoms with Crippen molar-refractivity contribution < 1.29 is 4.79 Å². The first-order valence-corrected chi connectivity index (χ1v) is 9.88. The van der Waals surface area contributed by atoms with Crippen molar-refractivity contribution in [1.29, 1.82) is 0 Å². The highest BCUT2D eigenvalue weighted by atomic mass is 32.2. The molecule has 0 bridgehead atoms. The van der Waals surface area contributed by atoms with Crippen molar-refractivity contribution in [2.24, 2.45) is 10.7 Å². The summed E-state index contributed by atoms with van der Waals surface area (Å²) in [5.74, 6) is 0.888. The van der Waals surface area contributed by atoms with Gasteiger partial charge in [0.15, 0.2) is 11.0 Å². The van der Waals surface area contributed by atoms with Crippen molar-refractivity contribution >= 4 is 28.4 Å². The number of aromatic nitrogens is 2. The third-order valence-corrected chi connectivity index (χ3v) is 5.55. The molecule has 2 N–H and O–H groups in total. The minimum Gasteiger partial charge on any atom is -0.379 e.